The molecular weight excluding hydrogens is 282 g/mol. The van der Waals surface area contributed by atoms with Crippen molar-refractivity contribution in [3.8, 4) is 0 Å². The smallest absolute Gasteiger partial charge is 0.328 e. The molecule has 2 rings (SSSR count). The third-order valence-corrected chi connectivity index (χ3v) is 4.04. The van der Waals surface area contributed by atoms with Crippen molar-refractivity contribution in [3.63, 3.8) is 0 Å². The molecule has 5 nitrogen and oxygen atoms in total. The number of amides is 1. The molecule has 6 heteroatoms. The van der Waals surface area contributed by atoms with Crippen LogP contribution in [0, 0.1) is 0 Å². The van der Waals surface area contributed by atoms with E-state index in [2.05, 4.69) is 5.32 Å². The maximum Gasteiger partial charge on any atom is 0.328 e. The number of carbonyl (C=O) groups excluding carboxylic acids is 1. The van der Waals surface area contributed by atoms with E-state index < -0.39 is 24.0 Å². The number of halogens is 1. The lowest BCUT2D eigenvalue weighted by atomic mass is 9.63. The van der Waals surface area contributed by atoms with Crippen LogP contribution in [0.1, 0.15) is 24.8 Å². The Hall–Kier alpha value is -1.59. The number of carboxylic acid groups (broad SMARTS) is 1. The highest BCUT2D eigenvalue weighted by Crippen LogP contribution is 2.44. The molecule has 0 heterocycles. The second-order valence-electron chi connectivity index (χ2n) is 4.99. The molecule has 0 aromatic heterocycles. The molecule has 3 N–H and O–H groups in total. The molecular formula is C14H16ClNO4. The van der Waals surface area contributed by atoms with E-state index >= 15 is 0 Å². The van der Waals surface area contributed by atoms with Crippen LogP contribution in [0.5, 0.6) is 0 Å². The fraction of sp³-hybridized carbons (Fsp3) is 0.429. The zero-order chi connectivity index (χ0) is 14.8. The van der Waals surface area contributed by atoms with Gasteiger partial charge in [-0.05, 0) is 30.5 Å². The number of hydrogen-bond donors (Lipinski definition) is 3. The van der Waals surface area contributed by atoms with Crippen LogP contribution in [0.3, 0.4) is 0 Å². The molecule has 1 atom stereocenters. The molecule has 1 saturated carbocycles. The maximum absolute atomic E-state index is 12.4. The van der Waals surface area contributed by atoms with Gasteiger partial charge in [-0.15, -0.1) is 0 Å². The number of nitrogens with one attached hydrogen (secondary N) is 1. The fourth-order valence-electron chi connectivity index (χ4n) is 2.45. The van der Waals surface area contributed by atoms with Gasteiger partial charge in [-0.3, -0.25) is 4.79 Å². The Morgan fingerprint density at radius 2 is 2.10 bits per heavy atom. The summed E-state index contributed by atoms with van der Waals surface area (Å²) in [6.45, 7) is -0.632. The van der Waals surface area contributed by atoms with E-state index in [0.29, 0.717) is 17.9 Å². The molecule has 0 aliphatic heterocycles. The minimum atomic E-state index is -1.28. The third kappa shape index (κ3) is 2.64. The molecule has 108 valence electrons. The molecule has 0 spiro atoms. The van der Waals surface area contributed by atoms with Crippen LogP contribution in [-0.2, 0) is 15.0 Å². The molecule has 1 amide bonds. The molecule has 1 fully saturated rings. The summed E-state index contributed by atoms with van der Waals surface area (Å²) in [6, 6.07) is 5.77. The molecule has 20 heavy (non-hydrogen) atoms. The minimum Gasteiger partial charge on any atom is -0.480 e. The number of carbonyl (C=O) groups is 2. The number of aliphatic hydroxyl groups excluding tert-OH is 1. The highest BCUT2D eigenvalue weighted by Gasteiger charge is 2.46. The summed E-state index contributed by atoms with van der Waals surface area (Å²) in [4.78, 5) is 23.3. The van der Waals surface area contributed by atoms with Crippen molar-refractivity contribution in [3.05, 3.63) is 34.9 Å². The minimum absolute atomic E-state index is 0.368. The van der Waals surface area contributed by atoms with Gasteiger partial charge in [0.1, 0.15) is 6.04 Å². The summed E-state index contributed by atoms with van der Waals surface area (Å²) in [7, 11) is 0. The lowest BCUT2D eigenvalue weighted by molar-refractivity contribution is -0.144. The Bertz CT molecular complexity index is 528. The van der Waals surface area contributed by atoms with Gasteiger partial charge >= 0.3 is 5.97 Å². The first-order valence-electron chi connectivity index (χ1n) is 6.40. The molecule has 1 unspecified atom stereocenters. The van der Waals surface area contributed by atoms with Gasteiger partial charge in [-0.1, -0.05) is 30.2 Å². The van der Waals surface area contributed by atoms with Gasteiger partial charge in [-0.25, -0.2) is 4.79 Å². The average molecular weight is 298 g/mol. The lowest BCUT2D eigenvalue weighted by Crippen LogP contribution is -2.54. The molecule has 1 aromatic rings. The molecule has 0 radical (unpaired) electrons. The standard InChI is InChI=1S/C14H16ClNO4/c15-10-4-1-3-9(7-10)14(5-2-6-14)13(20)16-11(8-17)12(18)19/h1,3-4,7,11,17H,2,5-6,8H2,(H,16,20)(H,18,19). The van der Waals surface area contributed by atoms with E-state index in [-0.39, 0.29) is 5.91 Å². The Kier molecular flexibility index (Phi) is 4.30. The molecule has 0 bridgehead atoms. The summed E-state index contributed by atoms with van der Waals surface area (Å²) in [5.74, 6) is -1.62. The van der Waals surface area contributed by atoms with E-state index in [0.717, 1.165) is 12.0 Å². The topological polar surface area (TPSA) is 86.6 Å². The number of hydrogen-bond acceptors (Lipinski definition) is 3. The summed E-state index contributed by atoms with van der Waals surface area (Å²) < 4.78 is 0. The molecule has 0 saturated heterocycles. The lowest BCUT2D eigenvalue weighted by Gasteiger charge is -2.41. The van der Waals surface area contributed by atoms with Crippen molar-refractivity contribution >= 4 is 23.5 Å². The van der Waals surface area contributed by atoms with Crippen molar-refractivity contribution in [1.82, 2.24) is 5.32 Å². The van der Waals surface area contributed by atoms with Crippen molar-refractivity contribution in [2.75, 3.05) is 6.61 Å². The van der Waals surface area contributed by atoms with Crippen LogP contribution in [-0.4, -0.2) is 34.7 Å². The van der Waals surface area contributed by atoms with Crippen molar-refractivity contribution in [2.24, 2.45) is 0 Å². The normalized spacial score (nSPS) is 17.9. The van der Waals surface area contributed by atoms with Gasteiger partial charge in [0.2, 0.25) is 5.91 Å². The summed E-state index contributed by atoms with van der Waals surface area (Å²) in [5, 5.41) is 20.8. The monoisotopic (exact) mass is 297 g/mol. The average Bonchev–Trinajstić information content (AvgIpc) is 2.34. The van der Waals surface area contributed by atoms with Crippen LogP contribution in [0.15, 0.2) is 24.3 Å². The van der Waals surface area contributed by atoms with Gasteiger partial charge in [0, 0.05) is 5.02 Å². The predicted molar refractivity (Wildman–Crippen MR) is 73.6 cm³/mol. The Morgan fingerprint density at radius 1 is 1.40 bits per heavy atom. The second-order valence-corrected chi connectivity index (χ2v) is 5.43. The van der Waals surface area contributed by atoms with Gasteiger partial charge in [0.15, 0.2) is 0 Å². The predicted octanol–water partition coefficient (Wildman–Crippen LogP) is 1.32. The SMILES string of the molecule is O=C(O)C(CO)NC(=O)C1(c2cccc(Cl)c2)CCC1. The van der Waals surface area contributed by atoms with E-state index in [1.54, 1.807) is 18.2 Å². The zero-order valence-electron chi connectivity index (χ0n) is 10.8. The number of aliphatic hydroxyl groups is 1. The van der Waals surface area contributed by atoms with Crippen molar-refractivity contribution in [2.45, 2.75) is 30.7 Å². The summed E-state index contributed by atoms with van der Waals surface area (Å²) in [5.41, 5.74) is 0.0594. The number of carboxylic acids is 1. The van der Waals surface area contributed by atoms with Gasteiger partial charge in [0.25, 0.3) is 0 Å². The first-order chi connectivity index (χ1) is 9.49. The van der Waals surface area contributed by atoms with E-state index in [1.807, 2.05) is 6.07 Å². The molecule has 1 aromatic carbocycles. The zero-order valence-corrected chi connectivity index (χ0v) is 11.6. The maximum atomic E-state index is 12.4. The van der Waals surface area contributed by atoms with Crippen LogP contribution in [0.25, 0.3) is 0 Å². The van der Waals surface area contributed by atoms with Crippen molar-refractivity contribution < 1.29 is 19.8 Å². The van der Waals surface area contributed by atoms with E-state index in [4.69, 9.17) is 21.8 Å². The highest BCUT2D eigenvalue weighted by atomic mass is 35.5. The summed E-state index contributed by atoms with van der Waals surface area (Å²) in [6.07, 6.45) is 2.20. The number of benzene rings is 1. The van der Waals surface area contributed by atoms with Crippen LogP contribution in [0.2, 0.25) is 5.02 Å². The van der Waals surface area contributed by atoms with Crippen LogP contribution >= 0.6 is 11.6 Å². The Labute approximate surface area is 121 Å². The van der Waals surface area contributed by atoms with Crippen LogP contribution in [0.4, 0.5) is 0 Å². The Morgan fingerprint density at radius 3 is 2.55 bits per heavy atom. The van der Waals surface area contributed by atoms with Gasteiger partial charge in [0.05, 0.1) is 12.0 Å². The molecule has 1 aliphatic carbocycles. The van der Waals surface area contributed by atoms with E-state index in [1.165, 1.54) is 0 Å². The van der Waals surface area contributed by atoms with Gasteiger partial charge in [-0.2, -0.15) is 0 Å². The fourth-order valence-corrected chi connectivity index (χ4v) is 2.64. The first-order valence-corrected chi connectivity index (χ1v) is 6.78. The third-order valence-electron chi connectivity index (χ3n) is 3.80. The number of aliphatic carboxylic acids is 1. The van der Waals surface area contributed by atoms with E-state index in [9.17, 15) is 9.59 Å². The Balaban J connectivity index is 2.23. The second kappa shape index (κ2) is 5.81. The largest absolute Gasteiger partial charge is 0.480 e. The number of rotatable bonds is 5. The molecule has 1 aliphatic rings. The summed E-state index contributed by atoms with van der Waals surface area (Å²) >= 11 is 5.95. The first kappa shape index (κ1) is 14.8. The quantitative estimate of drug-likeness (QED) is 0.765. The van der Waals surface area contributed by atoms with Crippen LogP contribution < -0.4 is 5.32 Å². The van der Waals surface area contributed by atoms with Crippen molar-refractivity contribution in [1.29, 1.82) is 0 Å². The highest BCUT2D eigenvalue weighted by molar-refractivity contribution is 6.30. The van der Waals surface area contributed by atoms with Gasteiger partial charge < -0.3 is 15.5 Å².